The Morgan fingerprint density at radius 3 is 2.65 bits per heavy atom. The van der Waals surface area contributed by atoms with E-state index in [0.29, 0.717) is 17.5 Å². The van der Waals surface area contributed by atoms with Crippen LogP contribution >= 0.6 is 0 Å². The zero-order chi connectivity index (χ0) is 22.2. The number of fused-ring (bicyclic) bond motifs is 1. The number of alkyl halides is 1. The van der Waals surface area contributed by atoms with Crippen LogP contribution in [-0.2, 0) is 5.67 Å². The number of anilines is 1. The maximum absolute atomic E-state index is 14.3. The molecule has 164 valence electrons. The zero-order valence-corrected chi connectivity index (χ0v) is 18.6. The van der Waals surface area contributed by atoms with Crippen LogP contribution in [0.4, 0.5) is 10.1 Å². The molecule has 2 heterocycles. The van der Waals surface area contributed by atoms with Crippen molar-refractivity contribution in [3.05, 3.63) is 47.9 Å². The van der Waals surface area contributed by atoms with Gasteiger partial charge in [-0.1, -0.05) is 25.3 Å². The first-order valence-corrected chi connectivity index (χ1v) is 10.8. The van der Waals surface area contributed by atoms with Crippen LogP contribution in [-0.4, -0.2) is 34.8 Å². The number of carbonyl (C=O) groups excluding carboxylic acids is 1. The third kappa shape index (κ3) is 4.27. The van der Waals surface area contributed by atoms with E-state index >= 15 is 0 Å². The summed E-state index contributed by atoms with van der Waals surface area (Å²) in [4.78, 5) is 18.9. The van der Waals surface area contributed by atoms with Crippen LogP contribution in [0.3, 0.4) is 0 Å². The fourth-order valence-corrected chi connectivity index (χ4v) is 4.18. The summed E-state index contributed by atoms with van der Waals surface area (Å²) in [5.41, 5.74) is 0.244. The second-order valence-electron chi connectivity index (χ2n) is 8.73. The number of methoxy groups -OCH3 is 1. The lowest BCUT2D eigenvalue weighted by Crippen LogP contribution is -2.28. The van der Waals surface area contributed by atoms with Crippen LogP contribution in [0.2, 0.25) is 0 Å². The van der Waals surface area contributed by atoms with Gasteiger partial charge in [0.15, 0.2) is 0 Å². The van der Waals surface area contributed by atoms with E-state index in [4.69, 9.17) is 9.84 Å². The summed E-state index contributed by atoms with van der Waals surface area (Å²) in [5, 5.41) is 5.72. The van der Waals surface area contributed by atoms with Gasteiger partial charge in [-0.05, 0) is 44.9 Å². The van der Waals surface area contributed by atoms with Crippen LogP contribution < -0.4 is 9.64 Å². The van der Waals surface area contributed by atoms with Crippen molar-refractivity contribution in [2.45, 2.75) is 57.7 Å². The molecule has 2 aromatic heterocycles. The highest BCUT2D eigenvalue weighted by atomic mass is 19.1. The lowest BCUT2D eigenvalue weighted by molar-refractivity contribution is 0.0986. The number of pyridine rings is 1. The van der Waals surface area contributed by atoms with Crippen molar-refractivity contribution in [2.75, 3.05) is 19.1 Å². The molecule has 0 unspecified atom stereocenters. The number of amides is 1. The minimum atomic E-state index is -1.63. The Labute approximate surface area is 182 Å². The highest BCUT2D eigenvalue weighted by Crippen LogP contribution is 2.35. The minimum Gasteiger partial charge on any atom is -0.494 e. The molecule has 0 bridgehead atoms. The van der Waals surface area contributed by atoms with Crippen molar-refractivity contribution in [1.82, 2.24) is 14.8 Å². The van der Waals surface area contributed by atoms with Gasteiger partial charge in [-0.3, -0.25) is 9.48 Å². The van der Waals surface area contributed by atoms with Crippen molar-refractivity contribution in [1.29, 1.82) is 0 Å². The van der Waals surface area contributed by atoms with Crippen molar-refractivity contribution in [2.24, 2.45) is 0 Å². The number of aromatic nitrogens is 3. The van der Waals surface area contributed by atoms with E-state index in [1.54, 1.807) is 32.4 Å². The molecule has 1 fully saturated rings. The Kier molecular flexibility index (Phi) is 5.69. The van der Waals surface area contributed by atoms with Gasteiger partial charge in [-0.15, -0.1) is 0 Å². The molecule has 1 aliphatic rings. The summed E-state index contributed by atoms with van der Waals surface area (Å²) in [6.45, 7) is 2.85. The molecule has 1 saturated carbocycles. The summed E-state index contributed by atoms with van der Waals surface area (Å²) < 4.78 is 21.9. The first kappa shape index (κ1) is 21.3. The van der Waals surface area contributed by atoms with E-state index in [0.717, 1.165) is 23.7 Å². The third-order valence-electron chi connectivity index (χ3n) is 6.01. The fraction of sp³-hybridized carbons (Fsp3) is 0.458. The zero-order valence-electron chi connectivity index (χ0n) is 18.6. The molecule has 0 saturated heterocycles. The Bertz CT molecular complexity index is 1100. The van der Waals surface area contributed by atoms with Crippen molar-refractivity contribution >= 4 is 22.5 Å². The van der Waals surface area contributed by atoms with Gasteiger partial charge in [0.05, 0.1) is 30.0 Å². The van der Waals surface area contributed by atoms with Gasteiger partial charge in [0.2, 0.25) is 0 Å². The molecule has 7 heteroatoms. The number of carbonyl (C=O) groups is 1. The molecule has 0 atom stereocenters. The number of rotatable bonds is 5. The molecule has 6 nitrogen and oxygen atoms in total. The lowest BCUT2D eigenvalue weighted by atomic mass is 9.96. The Morgan fingerprint density at radius 1 is 1.23 bits per heavy atom. The van der Waals surface area contributed by atoms with Crippen molar-refractivity contribution < 1.29 is 13.9 Å². The van der Waals surface area contributed by atoms with Crippen LogP contribution in [0.15, 0.2) is 36.5 Å². The molecule has 0 spiro atoms. The number of ether oxygens (including phenoxy) is 1. The quantitative estimate of drug-likeness (QED) is 0.548. The molecule has 4 rings (SSSR count). The number of hydrogen-bond acceptors (Lipinski definition) is 4. The topological polar surface area (TPSA) is 60.2 Å². The van der Waals surface area contributed by atoms with Gasteiger partial charge in [0, 0.05) is 24.7 Å². The van der Waals surface area contributed by atoms with E-state index in [1.807, 2.05) is 12.1 Å². The third-order valence-corrected chi connectivity index (χ3v) is 6.01. The average molecular weight is 425 g/mol. The lowest BCUT2D eigenvalue weighted by Gasteiger charge is -2.21. The maximum atomic E-state index is 14.3. The largest absolute Gasteiger partial charge is 0.494 e. The standard InChI is InChI=1S/C24H29FN4O2/c1-24(2,25)22-12-8-11-18(26-22)23(30)28(3)20-13-16-15-29(17-9-6-5-7-10-17)27-19(16)14-21(20)31-4/h8,11-15,17H,5-7,9-10H2,1-4H3. The summed E-state index contributed by atoms with van der Waals surface area (Å²) in [7, 11) is 3.25. The highest BCUT2D eigenvalue weighted by molar-refractivity contribution is 6.06. The van der Waals surface area contributed by atoms with Gasteiger partial charge in [-0.2, -0.15) is 5.10 Å². The number of benzene rings is 1. The van der Waals surface area contributed by atoms with Crippen LogP contribution in [0, 0.1) is 0 Å². The molecule has 1 aromatic carbocycles. The molecule has 1 amide bonds. The number of hydrogen-bond donors (Lipinski definition) is 0. The van der Waals surface area contributed by atoms with Crippen LogP contribution in [0.25, 0.3) is 10.9 Å². The Hall–Kier alpha value is -2.96. The average Bonchev–Trinajstić information content (AvgIpc) is 3.20. The monoisotopic (exact) mass is 424 g/mol. The predicted octanol–water partition coefficient (Wildman–Crippen LogP) is 5.43. The summed E-state index contributed by atoms with van der Waals surface area (Å²) in [5.74, 6) is 0.225. The molecular formula is C24H29FN4O2. The number of halogens is 1. The summed E-state index contributed by atoms with van der Waals surface area (Å²) in [6.07, 6.45) is 8.09. The van der Waals surface area contributed by atoms with E-state index < -0.39 is 5.67 Å². The molecular weight excluding hydrogens is 395 g/mol. The van der Waals surface area contributed by atoms with Gasteiger partial charge < -0.3 is 9.64 Å². The van der Waals surface area contributed by atoms with E-state index in [9.17, 15) is 9.18 Å². The molecule has 0 N–H and O–H groups in total. The molecule has 0 aliphatic heterocycles. The fourth-order valence-electron chi connectivity index (χ4n) is 4.18. The minimum absolute atomic E-state index is 0.186. The van der Waals surface area contributed by atoms with Crippen molar-refractivity contribution in [3.63, 3.8) is 0 Å². The van der Waals surface area contributed by atoms with Crippen LogP contribution in [0.5, 0.6) is 5.75 Å². The van der Waals surface area contributed by atoms with Gasteiger partial charge >= 0.3 is 0 Å². The molecule has 0 radical (unpaired) electrons. The molecule has 3 aromatic rings. The van der Waals surface area contributed by atoms with E-state index in [-0.39, 0.29) is 17.3 Å². The predicted molar refractivity (Wildman–Crippen MR) is 120 cm³/mol. The van der Waals surface area contributed by atoms with Gasteiger partial charge in [0.1, 0.15) is 17.1 Å². The normalized spacial score (nSPS) is 15.3. The smallest absolute Gasteiger partial charge is 0.276 e. The summed E-state index contributed by atoms with van der Waals surface area (Å²) >= 11 is 0. The second kappa shape index (κ2) is 8.29. The van der Waals surface area contributed by atoms with Crippen molar-refractivity contribution in [3.8, 4) is 5.75 Å². The molecule has 1 aliphatic carbocycles. The first-order valence-electron chi connectivity index (χ1n) is 10.8. The SMILES string of the molecule is COc1cc2nn(C3CCCCC3)cc2cc1N(C)C(=O)c1cccc(C(C)(C)F)n1. The number of nitrogens with zero attached hydrogens (tertiary/aromatic N) is 4. The molecule has 31 heavy (non-hydrogen) atoms. The van der Waals surface area contributed by atoms with E-state index in [1.165, 1.54) is 38.0 Å². The van der Waals surface area contributed by atoms with Gasteiger partial charge in [-0.25, -0.2) is 9.37 Å². The first-order chi connectivity index (χ1) is 14.8. The van der Waals surface area contributed by atoms with Crippen LogP contribution in [0.1, 0.15) is 68.2 Å². The Balaban J connectivity index is 1.68. The summed E-state index contributed by atoms with van der Waals surface area (Å²) in [6, 6.07) is 9.04. The Morgan fingerprint density at radius 2 is 1.97 bits per heavy atom. The highest BCUT2D eigenvalue weighted by Gasteiger charge is 2.25. The van der Waals surface area contributed by atoms with Gasteiger partial charge in [0.25, 0.3) is 5.91 Å². The van der Waals surface area contributed by atoms with E-state index in [2.05, 4.69) is 15.9 Å². The maximum Gasteiger partial charge on any atom is 0.276 e. The second-order valence-corrected chi connectivity index (χ2v) is 8.73.